The van der Waals surface area contributed by atoms with Gasteiger partial charge in [-0.2, -0.15) is 8.42 Å². The lowest BCUT2D eigenvalue weighted by Crippen LogP contribution is -2.04. The summed E-state index contributed by atoms with van der Waals surface area (Å²) >= 11 is 6.21. The number of hydrogen-bond donors (Lipinski definition) is 0. The summed E-state index contributed by atoms with van der Waals surface area (Å²) in [6.07, 6.45) is 0. The maximum atomic E-state index is 12.3. The molecule has 3 aromatic rings. The Hall–Kier alpha value is -1.67. The summed E-state index contributed by atoms with van der Waals surface area (Å²) in [6.45, 7) is 0. The minimum atomic E-state index is -3.79. The molecular formula is C15H10ClNO3S3. The highest BCUT2D eigenvalue weighted by molar-refractivity contribution is 7.90. The zero-order valence-corrected chi connectivity index (χ0v) is 14.8. The number of benzene rings is 2. The van der Waals surface area contributed by atoms with E-state index in [-0.39, 0.29) is 14.6 Å². The van der Waals surface area contributed by atoms with Gasteiger partial charge in [0, 0.05) is 0 Å². The van der Waals surface area contributed by atoms with Crippen LogP contribution in [-0.4, -0.2) is 8.42 Å². The molecule has 4 nitrogen and oxygen atoms in total. The van der Waals surface area contributed by atoms with Gasteiger partial charge in [-0.3, -0.25) is 0 Å². The van der Waals surface area contributed by atoms with Gasteiger partial charge in [0.05, 0.1) is 4.90 Å². The van der Waals surface area contributed by atoms with Crippen molar-refractivity contribution in [3.8, 4) is 10.8 Å². The monoisotopic (exact) mass is 383 g/mol. The Bertz CT molecular complexity index is 964. The maximum Gasteiger partial charge on any atom is 0.283 e. The molecule has 0 aliphatic carbocycles. The number of ether oxygens (including phenoxy) is 1. The molecule has 0 radical (unpaired) electrons. The van der Waals surface area contributed by atoms with Gasteiger partial charge in [0.15, 0.2) is 4.67 Å². The van der Waals surface area contributed by atoms with Gasteiger partial charge in [-0.25, -0.2) is 0 Å². The van der Waals surface area contributed by atoms with Crippen molar-refractivity contribution >= 4 is 42.3 Å². The molecule has 0 fully saturated rings. The zero-order chi connectivity index (χ0) is 16.3. The van der Waals surface area contributed by atoms with Crippen molar-refractivity contribution in [2.24, 2.45) is 4.40 Å². The molecule has 1 heterocycles. The molecule has 0 saturated carbocycles. The van der Waals surface area contributed by atoms with Crippen LogP contribution in [0.15, 0.2) is 70.0 Å². The van der Waals surface area contributed by atoms with Gasteiger partial charge in [-0.05, 0) is 34.6 Å². The fraction of sp³-hybridized carbons (Fsp3) is 0. The molecule has 8 heteroatoms. The first-order valence-corrected chi connectivity index (χ1v) is 10.4. The van der Waals surface area contributed by atoms with E-state index < -0.39 is 10.0 Å². The smallest absolute Gasteiger partial charge is 0.283 e. The Morgan fingerprint density at radius 1 is 0.913 bits per heavy atom. The molecule has 118 valence electrons. The van der Waals surface area contributed by atoms with E-state index in [0.717, 1.165) is 10.3 Å². The molecule has 0 bridgehead atoms. The first kappa shape index (κ1) is 16.2. The van der Waals surface area contributed by atoms with Crippen LogP contribution in [0.25, 0.3) is 0 Å². The topological polar surface area (TPSA) is 55.7 Å². The fourth-order valence-electron chi connectivity index (χ4n) is 1.70. The average molecular weight is 384 g/mol. The van der Waals surface area contributed by atoms with Crippen LogP contribution in [0.5, 0.6) is 10.8 Å². The normalized spacial score (nSPS) is 12.3. The Balaban J connectivity index is 1.96. The van der Waals surface area contributed by atoms with Gasteiger partial charge in [0.1, 0.15) is 10.8 Å². The van der Waals surface area contributed by atoms with Crippen molar-refractivity contribution in [1.29, 1.82) is 0 Å². The predicted octanol–water partition coefficient (Wildman–Crippen LogP) is 4.54. The van der Waals surface area contributed by atoms with Crippen molar-refractivity contribution in [3.63, 3.8) is 0 Å². The largest absolute Gasteiger partial charge is 0.444 e. The van der Waals surface area contributed by atoms with Crippen molar-refractivity contribution in [2.75, 3.05) is 0 Å². The summed E-state index contributed by atoms with van der Waals surface area (Å²) in [6, 6.07) is 17.1. The molecule has 0 aliphatic rings. The van der Waals surface area contributed by atoms with Crippen LogP contribution in [0.3, 0.4) is 0 Å². The van der Waals surface area contributed by atoms with Gasteiger partial charge in [0.25, 0.3) is 10.0 Å². The number of sulfonamides is 1. The molecule has 2 aromatic carbocycles. The van der Waals surface area contributed by atoms with Crippen molar-refractivity contribution < 1.29 is 13.2 Å². The van der Waals surface area contributed by atoms with E-state index in [4.69, 9.17) is 16.3 Å². The minimum absolute atomic E-state index is 0.125. The third kappa shape index (κ3) is 3.81. The molecule has 1 aromatic heterocycles. The molecular weight excluding hydrogens is 374 g/mol. The molecule has 0 saturated heterocycles. The number of hydrogen-bond acceptors (Lipinski definition) is 5. The van der Waals surface area contributed by atoms with Gasteiger partial charge in [-0.15, -0.1) is 4.40 Å². The Morgan fingerprint density at radius 2 is 1.52 bits per heavy atom. The van der Waals surface area contributed by atoms with Crippen molar-refractivity contribution in [3.05, 3.63) is 70.4 Å². The summed E-state index contributed by atoms with van der Waals surface area (Å²) in [5, 5.41) is 0.619. The van der Waals surface area contributed by atoms with Crippen molar-refractivity contribution in [1.82, 2.24) is 0 Å². The highest BCUT2D eigenvalue weighted by atomic mass is 35.5. The van der Waals surface area contributed by atoms with E-state index in [9.17, 15) is 8.42 Å². The highest BCUT2D eigenvalue weighted by Crippen LogP contribution is 2.34. The summed E-state index contributed by atoms with van der Waals surface area (Å²) < 4.78 is 34.2. The van der Waals surface area contributed by atoms with E-state index >= 15 is 0 Å². The minimum Gasteiger partial charge on any atom is -0.444 e. The first-order chi connectivity index (χ1) is 11.1. The summed E-state index contributed by atoms with van der Waals surface area (Å²) in [5.74, 6) is 0.626. The lowest BCUT2D eigenvalue weighted by atomic mass is 10.3. The maximum absolute atomic E-state index is 12.3. The van der Waals surface area contributed by atoms with Crippen LogP contribution in [0.2, 0.25) is 5.02 Å². The van der Waals surface area contributed by atoms with Gasteiger partial charge >= 0.3 is 0 Å². The molecule has 0 N–H and O–H groups in total. The van der Waals surface area contributed by atoms with Crippen LogP contribution >= 0.6 is 32.3 Å². The van der Waals surface area contributed by atoms with Gasteiger partial charge in [0.2, 0.25) is 5.06 Å². The second-order valence-electron chi connectivity index (χ2n) is 4.37. The molecule has 0 amide bonds. The number of rotatable bonds is 4. The highest BCUT2D eigenvalue weighted by Gasteiger charge is 2.15. The van der Waals surface area contributed by atoms with Crippen LogP contribution < -0.4 is 9.41 Å². The molecule has 23 heavy (non-hydrogen) atoms. The summed E-state index contributed by atoms with van der Waals surface area (Å²) in [7, 11) is -1.40. The number of nitrogens with zero attached hydrogens (tertiary/aromatic N) is 1. The molecule has 0 unspecified atom stereocenters. The number of para-hydroxylation sites is 1. The van der Waals surface area contributed by atoms with Crippen molar-refractivity contribution in [2.45, 2.75) is 4.90 Å². The van der Waals surface area contributed by atoms with Crippen LogP contribution in [0, 0.1) is 0 Å². The second-order valence-corrected chi connectivity index (χ2v) is 8.44. The van der Waals surface area contributed by atoms with Gasteiger partial charge in [-0.1, -0.05) is 58.3 Å². The summed E-state index contributed by atoms with van der Waals surface area (Å²) in [5.41, 5.74) is 0. The molecule has 0 aliphatic heterocycles. The second kappa shape index (κ2) is 6.84. The lowest BCUT2D eigenvalue weighted by Gasteiger charge is -2.01. The first-order valence-electron chi connectivity index (χ1n) is 6.44. The predicted molar refractivity (Wildman–Crippen MR) is 92.9 cm³/mol. The Morgan fingerprint density at radius 3 is 2.17 bits per heavy atom. The van der Waals surface area contributed by atoms with E-state index in [2.05, 4.69) is 4.40 Å². The molecule has 3 rings (SSSR count). The van der Waals surface area contributed by atoms with Gasteiger partial charge < -0.3 is 4.74 Å². The zero-order valence-electron chi connectivity index (χ0n) is 11.5. The number of halogens is 1. The quantitative estimate of drug-likeness (QED) is 0.621. The van der Waals surface area contributed by atoms with E-state index in [1.807, 2.05) is 18.2 Å². The van der Waals surface area contributed by atoms with E-state index in [0.29, 0.717) is 10.8 Å². The Labute approximate surface area is 145 Å². The van der Waals surface area contributed by atoms with Crippen LogP contribution in [0.1, 0.15) is 0 Å². The molecule has 0 atom stereocenters. The fourth-order valence-corrected chi connectivity index (χ4v) is 5.70. The summed E-state index contributed by atoms with van der Waals surface area (Å²) in [4.78, 5) is 0.125. The third-order valence-corrected chi connectivity index (χ3v) is 6.90. The Kier molecular flexibility index (Phi) is 4.82. The van der Waals surface area contributed by atoms with Crippen LogP contribution in [-0.2, 0) is 10.0 Å². The van der Waals surface area contributed by atoms with E-state index in [1.54, 1.807) is 30.3 Å². The standard InChI is InChI=1S/C15H10ClNO3S3/c16-13-14(17-23(18,19)12-9-5-2-6-10-12)21-22-15(13)20-11-7-3-1-4-8-11/h1-10H/b17-14-. The molecule has 0 spiro atoms. The van der Waals surface area contributed by atoms with Crippen LogP contribution in [0.4, 0.5) is 0 Å². The van der Waals surface area contributed by atoms with E-state index in [1.165, 1.54) is 22.5 Å². The SMILES string of the molecule is O=S(=O)(/N=c1\ssc(Oc2ccccc2)c1Cl)c1ccccc1. The average Bonchev–Trinajstić information content (AvgIpc) is 2.89. The lowest BCUT2D eigenvalue weighted by molar-refractivity contribution is 0.496. The third-order valence-electron chi connectivity index (χ3n) is 2.76.